The number of hydrogen-bond donors (Lipinski definition) is 1. The molecule has 0 aliphatic carbocycles. The number of benzene rings is 2. The maximum atomic E-state index is 13.5. The van der Waals surface area contributed by atoms with Crippen molar-refractivity contribution in [2.45, 2.75) is 0 Å². The minimum atomic E-state index is -0.655. The second-order valence-corrected chi connectivity index (χ2v) is 3.95. The van der Waals surface area contributed by atoms with Crippen LogP contribution in [0.4, 0.5) is 14.5 Å². The average Bonchev–Trinajstić information content (AvgIpc) is 2.36. The van der Waals surface area contributed by atoms with Gasteiger partial charge in [-0.2, -0.15) is 0 Å². The Bertz CT molecular complexity index is 621. The summed E-state index contributed by atoms with van der Waals surface area (Å²) in [6, 6.07) is 7.29. The smallest absolute Gasteiger partial charge is 0.193 e. The average molecular weight is 263 g/mol. The lowest BCUT2D eigenvalue weighted by Crippen LogP contribution is -2.04. The zero-order valence-electron chi connectivity index (χ0n) is 10.1. The van der Waals surface area contributed by atoms with Crippen LogP contribution in [-0.4, -0.2) is 12.9 Å². The molecule has 2 rings (SSSR count). The summed E-state index contributed by atoms with van der Waals surface area (Å²) in [6.07, 6.45) is 0. The highest BCUT2D eigenvalue weighted by Crippen LogP contribution is 2.21. The fourth-order valence-corrected chi connectivity index (χ4v) is 1.72. The molecule has 0 atom stereocenters. The van der Waals surface area contributed by atoms with Gasteiger partial charge in [-0.25, -0.2) is 8.78 Å². The summed E-state index contributed by atoms with van der Waals surface area (Å²) in [5.74, 6) is -1.74. The molecule has 0 aliphatic heterocycles. The minimum Gasteiger partial charge on any atom is -0.494 e. The minimum absolute atomic E-state index is 0.0373. The van der Waals surface area contributed by atoms with Crippen LogP contribution < -0.4 is 10.5 Å². The van der Waals surface area contributed by atoms with Crippen molar-refractivity contribution < 1.29 is 18.3 Å². The summed E-state index contributed by atoms with van der Waals surface area (Å²) >= 11 is 0. The SMILES string of the molecule is COc1ccc(C(=O)c2cc(N)cc(F)c2)cc1F. The lowest BCUT2D eigenvalue weighted by atomic mass is 10.0. The number of rotatable bonds is 3. The molecule has 0 aliphatic rings. The molecule has 5 heteroatoms. The Morgan fingerprint density at radius 1 is 1.11 bits per heavy atom. The van der Waals surface area contributed by atoms with Crippen LogP contribution in [-0.2, 0) is 0 Å². The van der Waals surface area contributed by atoms with Gasteiger partial charge in [-0.1, -0.05) is 0 Å². The highest BCUT2D eigenvalue weighted by atomic mass is 19.1. The Labute approximate surface area is 108 Å². The van der Waals surface area contributed by atoms with Crippen LogP contribution in [0.25, 0.3) is 0 Å². The number of hydrogen-bond acceptors (Lipinski definition) is 3. The van der Waals surface area contributed by atoms with E-state index in [1.807, 2.05) is 0 Å². The van der Waals surface area contributed by atoms with Crippen LogP contribution in [0.2, 0.25) is 0 Å². The molecule has 2 N–H and O–H groups in total. The van der Waals surface area contributed by atoms with E-state index in [9.17, 15) is 13.6 Å². The van der Waals surface area contributed by atoms with Gasteiger partial charge in [0.25, 0.3) is 0 Å². The van der Waals surface area contributed by atoms with Crippen molar-refractivity contribution in [2.24, 2.45) is 0 Å². The first-order valence-corrected chi connectivity index (χ1v) is 5.45. The highest BCUT2D eigenvalue weighted by Gasteiger charge is 2.13. The zero-order valence-corrected chi connectivity index (χ0v) is 10.1. The van der Waals surface area contributed by atoms with Gasteiger partial charge in [0.2, 0.25) is 0 Å². The largest absolute Gasteiger partial charge is 0.494 e. The highest BCUT2D eigenvalue weighted by molar-refractivity contribution is 6.09. The molecule has 0 unspecified atom stereocenters. The molecular weight excluding hydrogens is 252 g/mol. The van der Waals surface area contributed by atoms with Gasteiger partial charge in [0.1, 0.15) is 5.82 Å². The van der Waals surface area contributed by atoms with Gasteiger partial charge >= 0.3 is 0 Å². The molecule has 98 valence electrons. The van der Waals surface area contributed by atoms with E-state index >= 15 is 0 Å². The van der Waals surface area contributed by atoms with Gasteiger partial charge in [-0.05, 0) is 36.4 Å². The summed E-state index contributed by atoms with van der Waals surface area (Å²) in [4.78, 5) is 12.1. The molecule has 0 saturated heterocycles. The van der Waals surface area contributed by atoms with E-state index in [1.54, 1.807) is 0 Å². The summed E-state index contributed by atoms with van der Waals surface area (Å²) in [5.41, 5.74) is 5.77. The van der Waals surface area contributed by atoms with Crippen LogP contribution >= 0.6 is 0 Å². The van der Waals surface area contributed by atoms with Crippen LogP contribution in [0.15, 0.2) is 36.4 Å². The second-order valence-electron chi connectivity index (χ2n) is 3.95. The Morgan fingerprint density at radius 2 is 1.84 bits per heavy atom. The van der Waals surface area contributed by atoms with Gasteiger partial charge in [0, 0.05) is 16.8 Å². The molecule has 0 saturated carbocycles. The number of nitrogens with two attached hydrogens (primary N) is 1. The molecule has 0 heterocycles. The van der Waals surface area contributed by atoms with Crippen molar-refractivity contribution in [1.29, 1.82) is 0 Å². The van der Waals surface area contributed by atoms with Crippen LogP contribution in [0.5, 0.6) is 5.75 Å². The van der Waals surface area contributed by atoms with Gasteiger partial charge in [-0.15, -0.1) is 0 Å². The molecule has 0 amide bonds. The maximum absolute atomic E-state index is 13.5. The summed E-state index contributed by atoms with van der Waals surface area (Å²) in [5, 5.41) is 0. The van der Waals surface area contributed by atoms with Crippen molar-refractivity contribution >= 4 is 11.5 Å². The van der Waals surface area contributed by atoms with Gasteiger partial charge in [0.05, 0.1) is 7.11 Å². The van der Waals surface area contributed by atoms with Crippen LogP contribution in [0.1, 0.15) is 15.9 Å². The summed E-state index contributed by atoms with van der Waals surface area (Å²) in [6.45, 7) is 0. The first-order chi connectivity index (χ1) is 9.01. The topological polar surface area (TPSA) is 52.3 Å². The number of methoxy groups -OCH3 is 1. The fraction of sp³-hybridized carbons (Fsp3) is 0.0714. The Balaban J connectivity index is 2.41. The quantitative estimate of drug-likeness (QED) is 0.684. The standard InChI is InChI=1S/C14H11F2NO2/c1-19-13-3-2-8(6-12(13)16)14(18)9-4-10(15)7-11(17)5-9/h2-7H,17H2,1H3. The first-order valence-electron chi connectivity index (χ1n) is 5.45. The Kier molecular flexibility index (Phi) is 3.46. The molecule has 0 fully saturated rings. The van der Waals surface area contributed by atoms with E-state index in [0.717, 1.165) is 18.2 Å². The molecule has 2 aromatic carbocycles. The van der Waals surface area contributed by atoms with Crippen molar-refractivity contribution in [3.63, 3.8) is 0 Å². The number of ketones is 1. The predicted octanol–water partition coefficient (Wildman–Crippen LogP) is 2.79. The van der Waals surface area contributed by atoms with E-state index in [4.69, 9.17) is 10.5 Å². The lowest BCUT2D eigenvalue weighted by Gasteiger charge is -2.05. The predicted molar refractivity (Wildman–Crippen MR) is 67.2 cm³/mol. The molecule has 19 heavy (non-hydrogen) atoms. The lowest BCUT2D eigenvalue weighted by molar-refractivity contribution is 0.103. The number of halogens is 2. The number of carbonyl (C=O) groups is 1. The molecule has 2 aromatic rings. The molecular formula is C14H11F2NO2. The van der Waals surface area contributed by atoms with Crippen LogP contribution in [0, 0.1) is 11.6 Å². The third kappa shape index (κ3) is 2.70. The third-order valence-corrected chi connectivity index (χ3v) is 2.60. The summed E-state index contributed by atoms with van der Waals surface area (Å²) < 4.78 is 31.4. The molecule has 0 bridgehead atoms. The van der Waals surface area contributed by atoms with E-state index in [-0.39, 0.29) is 22.6 Å². The summed E-state index contributed by atoms with van der Waals surface area (Å²) in [7, 11) is 1.33. The van der Waals surface area contributed by atoms with Gasteiger partial charge < -0.3 is 10.5 Å². The molecule has 3 nitrogen and oxygen atoms in total. The van der Waals surface area contributed by atoms with Crippen molar-refractivity contribution in [2.75, 3.05) is 12.8 Å². The number of carbonyl (C=O) groups excluding carboxylic acids is 1. The zero-order chi connectivity index (χ0) is 14.0. The van der Waals surface area contributed by atoms with E-state index < -0.39 is 17.4 Å². The monoisotopic (exact) mass is 263 g/mol. The van der Waals surface area contributed by atoms with Crippen molar-refractivity contribution in [1.82, 2.24) is 0 Å². The number of nitrogen functional groups attached to an aromatic ring is 1. The van der Waals surface area contributed by atoms with Gasteiger partial charge in [0.15, 0.2) is 17.3 Å². The fourth-order valence-electron chi connectivity index (χ4n) is 1.72. The van der Waals surface area contributed by atoms with Crippen molar-refractivity contribution in [3.8, 4) is 5.75 Å². The van der Waals surface area contributed by atoms with E-state index in [0.29, 0.717) is 0 Å². The van der Waals surface area contributed by atoms with Gasteiger partial charge in [-0.3, -0.25) is 4.79 Å². The molecule has 0 spiro atoms. The Morgan fingerprint density at radius 3 is 2.42 bits per heavy atom. The number of ether oxygens (including phenoxy) is 1. The van der Waals surface area contributed by atoms with E-state index in [1.165, 1.54) is 25.3 Å². The normalized spacial score (nSPS) is 10.3. The van der Waals surface area contributed by atoms with Crippen molar-refractivity contribution in [3.05, 3.63) is 59.2 Å². The van der Waals surface area contributed by atoms with E-state index in [2.05, 4.69) is 0 Å². The van der Waals surface area contributed by atoms with Crippen LogP contribution in [0.3, 0.4) is 0 Å². The first kappa shape index (κ1) is 13.0. The number of anilines is 1. The Hall–Kier alpha value is -2.43. The maximum Gasteiger partial charge on any atom is 0.193 e. The molecule has 0 radical (unpaired) electrons. The third-order valence-electron chi connectivity index (χ3n) is 2.60. The molecule has 0 aromatic heterocycles. The second kappa shape index (κ2) is 5.06.